The van der Waals surface area contributed by atoms with E-state index >= 15 is 0 Å². The SMILES string of the molecule is Cc1cc(NCCOCCCl)ncn1. The molecule has 1 N–H and O–H groups in total. The van der Waals surface area contributed by atoms with Gasteiger partial charge in [-0.15, -0.1) is 11.6 Å². The zero-order valence-corrected chi connectivity index (χ0v) is 8.92. The van der Waals surface area contributed by atoms with Gasteiger partial charge < -0.3 is 10.1 Å². The summed E-state index contributed by atoms with van der Waals surface area (Å²) in [5.74, 6) is 1.36. The molecule has 0 saturated carbocycles. The third-order valence-electron chi connectivity index (χ3n) is 1.58. The predicted octanol–water partition coefficient (Wildman–Crippen LogP) is 1.45. The lowest BCUT2D eigenvalue weighted by Crippen LogP contribution is -2.11. The molecule has 0 unspecified atom stereocenters. The molecule has 5 heteroatoms. The maximum atomic E-state index is 5.45. The minimum absolute atomic E-state index is 0.534. The number of hydrogen-bond donors (Lipinski definition) is 1. The largest absolute Gasteiger partial charge is 0.378 e. The second kappa shape index (κ2) is 6.56. The number of nitrogens with one attached hydrogen (secondary N) is 1. The summed E-state index contributed by atoms with van der Waals surface area (Å²) >= 11 is 5.45. The molecular weight excluding hydrogens is 202 g/mol. The number of ether oxygens (including phenoxy) is 1. The topological polar surface area (TPSA) is 47.0 Å². The molecule has 0 spiro atoms. The van der Waals surface area contributed by atoms with Gasteiger partial charge in [-0.05, 0) is 6.92 Å². The summed E-state index contributed by atoms with van der Waals surface area (Å²) in [5, 5.41) is 3.13. The number of anilines is 1. The predicted molar refractivity (Wildman–Crippen MR) is 56.8 cm³/mol. The third-order valence-corrected chi connectivity index (χ3v) is 1.73. The molecule has 0 saturated heterocycles. The maximum Gasteiger partial charge on any atom is 0.129 e. The van der Waals surface area contributed by atoms with Crippen LogP contribution >= 0.6 is 11.6 Å². The number of hydrogen-bond acceptors (Lipinski definition) is 4. The maximum absolute atomic E-state index is 5.45. The molecule has 0 fully saturated rings. The van der Waals surface area contributed by atoms with Gasteiger partial charge in [-0.1, -0.05) is 0 Å². The van der Waals surface area contributed by atoms with Crippen LogP contribution in [0.25, 0.3) is 0 Å². The molecule has 0 aromatic carbocycles. The summed E-state index contributed by atoms with van der Waals surface area (Å²) in [7, 11) is 0. The van der Waals surface area contributed by atoms with E-state index in [-0.39, 0.29) is 0 Å². The Bertz CT molecular complexity index is 270. The summed E-state index contributed by atoms with van der Waals surface area (Å²) in [6.45, 7) is 3.88. The number of rotatable bonds is 6. The Balaban J connectivity index is 2.18. The molecule has 0 radical (unpaired) electrons. The summed E-state index contributed by atoms with van der Waals surface area (Å²) in [6, 6.07) is 1.89. The Morgan fingerprint density at radius 3 is 3.00 bits per heavy atom. The minimum Gasteiger partial charge on any atom is -0.378 e. The molecule has 0 amide bonds. The van der Waals surface area contributed by atoms with Gasteiger partial charge in [0.1, 0.15) is 12.1 Å². The average molecular weight is 216 g/mol. The molecule has 1 rings (SSSR count). The lowest BCUT2D eigenvalue weighted by molar-refractivity contribution is 0.160. The normalized spacial score (nSPS) is 10.1. The first kappa shape index (κ1) is 11.2. The third kappa shape index (κ3) is 4.39. The quantitative estimate of drug-likeness (QED) is 0.577. The monoisotopic (exact) mass is 215 g/mol. The van der Waals surface area contributed by atoms with E-state index < -0.39 is 0 Å². The van der Waals surface area contributed by atoms with Gasteiger partial charge in [-0.3, -0.25) is 0 Å². The van der Waals surface area contributed by atoms with Crippen LogP contribution in [0.4, 0.5) is 5.82 Å². The Labute approximate surface area is 88.7 Å². The van der Waals surface area contributed by atoms with Gasteiger partial charge in [-0.25, -0.2) is 9.97 Å². The van der Waals surface area contributed by atoms with Crippen molar-refractivity contribution < 1.29 is 4.74 Å². The van der Waals surface area contributed by atoms with Crippen LogP contribution in [0.2, 0.25) is 0 Å². The van der Waals surface area contributed by atoms with Gasteiger partial charge in [0, 0.05) is 24.2 Å². The van der Waals surface area contributed by atoms with Gasteiger partial charge in [0.2, 0.25) is 0 Å². The van der Waals surface area contributed by atoms with Gasteiger partial charge in [0.15, 0.2) is 0 Å². The molecule has 4 nitrogen and oxygen atoms in total. The van der Waals surface area contributed by atoms with Gasteiger partial charge in [-0.2, -0.15) is 0 Å². The molecule has 0 atom stereocenters. The van der Waals surface area contributed by atoms with Crippen LogP contribution < -0.4 is 5.32 Å². The second-order valence-corrected chi connectivity index (χ2v) is 3.15. The molecule has 78 valence electrons. The Kier molecular flexibility index (Phi) is 5.25. The Morgan fingerprint density at radius 2 is 2.29 bits per heavy atom. The lowest BCUT2D eigenvalue weighted by atomic mass is 10.4. The molecule has 1 aromatic rings. The first-order valence-corrected chi connectivity index (χ1v) is 5.02. The van der Waals surface area contributed by atoms with Crippen molar-refractivity contribution in [3.63, 3.8) is 0 Å². The van der Waals surface area contributed by atoms with Gasteiger partial charge in [0.05, 0.1) is 13.2 Å². The molecular formula is C9H14ClN3O. The van der Waals surface area contributed by atoms with Crippen molar-refractivity contribution in [3.8, 4) is 0 Å². The van der Waals surface area contributed by atoms with E-state index in [0.717, 1.165) is 18.1 Å². The summed E-state index contributed by atoms with van der Waals surface area (Å²) in [4.78, 5) is 8.05. The van der Waals surface area contributed by atoms with E-state index in [4.69, 9.17) is 16.3 Å². The standard InChI is InChI=1S/C9H14ClN3O/c1-8-6-9(13-7-12-8)11-3-5-14-4-2-10/h6-7H,2-5H2,1H3,(H,11,12,13). The number of halogens is 1. The number of alkyl halides is 1. The molecule has 1 heterocycles. The zero-order chi connectivity index (χ0) is 10.2. The first-order chi connectivity index (χ1) is 6.83. The second-order valence-electron chi connectivity index (χ2n) is 2.77. The van der Waals surface area contributed by atoms with Crippen molar-refractivity contribution in [2.45, 2.75) is 6.92 Å². The van der Waals surface area contributed by atoms with Crippen molar-refractivity contribution in [1.82, 2.24) is 9.97 Å². The first-order valence-electron chi connectivity index (χ1n) is 4.49. The number of aromatic nitrogens is 2. The Hall–Kier alpha value is -0.870. The van der Waals surface area contributed by atoms with Crippen molar-refractivity contribution in [3.05, 3.63) is 18.1 Å². The van der Waals surface area contributed by atoms with E-state index in [0.29, 0.717) is 19.1 Å². The summed E-state index contributed by atoms with van der Waals surface area (Å²) < 4.78 is 5.20. The van der Waals surface area contributed by atoms with E-state index in [1.807, 2.05) is 13.0 Å². The minimum atomic E-state index is 0.534. The van der Waals surface area contributed by atoms with Crippen LogP contribution in [-0.4, -0.2) is 35.6 Å². The van der Waals surface area contributed by atoms with E-state index in [1.165, 1.54) is 6.33 Å². The van der Waals surface area contributed by atoms with Gasteiger partial charge in [0.25, 0.3) is 0 Å². The highest BCUT2D eigenvalue weighted by Crippen LogP contribution is 2.01. The van der Waals surface area contributed by atoms with Crippen molar-refractivity contribution >= 4 is 17.4 Å². The van der Waals surface area contributed by atoms with Crippen LogP contribution in [-0.2, 0) is 4.74 Å². The highest BCUT2D eigenvalue weighted by atomic mass is 35.5. The molecule has 0 aliphatic carbocycles. The number of nitrogens with zero attached hydrogens (tertiary/aromatic N) is 2. The molecule has 0 bridgehead atoms. The number of aryl methyl sites for hydroxylation is 1. The molecule has 0 aliphatic rings. The highest BCUT2D eigenvalue weighted by Gasteiger charge is 1.93. The van der Waals surface area contributed by atoms with Crippen LogP contribution in [0.3, 0.4) is 0 Å². The van der Waals surface area contributed by atoms with Crippen LogP contribution in [0, 0.1) is 6.92 Å². The van der Waals surface area contributed by atoms with Crippen LogP contribution in [0.1, 0.15) is 5.69 Å². The lowest BCUT2D eigenvalue weighted by Gasteiger charge is -2.05. The van der Waals surface area contributed by atoms with E-state index in [2.05, 4.69) is 15.3 Å². The van der Waals surface area contributed by atoms with E-state index in [1.54, 1.807) is 0 Å². The summed E-state index contributed by atoms with van der Waals surface area (Å²) in [6.07, 6.45) is 1.54. The summed E-state index contributed by atoms with van der Waals surface area (Å²) in [5.41, 5.74) is 0.948. The molecule has 1 aromatic heterocycles. The smallest absolute Gasteiger partial charge is 0.129 e. The molecule has 0 aliphatic heterocycles. The Morgan fingerprint density at radius 1 is 1.43 bits per heavy atom. The van der Waals surface area contributed by atoms with Gasteiger partial charge >= 0.3 is 0 Å². The van der Waals surface area contributed by atoms with Crippen LogP contribution in [0.15, 0.2) is 12.4 Å². The van der Waals surface area contributed by atoms with E-state index in [9.17, 15) is 0 Å². The fraction of sp³-hybridized carbons (Fsp3) is 0.556. The highest BCUT2D eigenvalue weighted by molar-refractivity contribution is 6.17. The fourth-order valence-corrected chi connectivity index (χ4v) is 1.07. The average Bonchev–Trinajstić information content (AvgIpc) is 2.18. The van der Waals surface area contributed by atoms with Crippen LogP contribution in [0.5, 0.6) is 0 Å². The molecule has 14 heavy (non-hydrogen) atoms. The van der Waals surface area contributed by atoms with Crippen molar-refractivity contribution in [1.29, 1.82) is 0 Å². The zero-order valence-electron chi connectivity index (χ0n) is 8.16. The van der Waals surface area contributed by atoms with Crippen molar-refractivity contribution in [2.75, 3.05) is 31.0 Å². The van der Waals surface area contributed by atoms with Crippen molar-refractivity contribution in [2.24, 2.45) is 0 Å². The fourth-order valence-electron chi connectivity index (χ4n) is 0.959.